The molecule has 2 N–H and O–H groups in total. The Bertz CT molecular complexity index is 410. The SMILES string of the molecule is CC(C)NC(=O)CNc1ccnc(C(C)(C)C)n1. The zero-order valence-electron chi connectivity index (χ0n) is 11.7. The van der Waals surface area contributed by atoms with Crippen molar-refractivity contribution >= 4 is 11.7 Å². The molecule has 1 heterocycles. The van der Waals surface area contributed by atoms with Crippen molar-refractivity contribution in [1.29, 1.82) is 0 Å². The lowest BCUT2D eigenvalue weighted by molar-refractivity contribution is -0.119. The Hall–Kier alpha value is -1.65. The van der Waals surface area contributed by atoms with Crippen LogP contribution in [0.1, 0.15) is 40.4 Å². The van der Waals surface area contributed by atoms with Crippen LogP contribution in [-0.2, 0) is 10.2 Å². The molecule has 0 aliphatic carbocycles. The minimum Gasteiger partial charge on any atom is -0.361 e. The first-order valence-electron chi connectivity index (χ1n) is 6.16. The fraction of sp³-hybridized carbons (Fsp3) is 0.615. The van der Waals surface area contributed by atoms with Gasteiger partial charge >= 0.3 is 0 Å². The van der Waals surface area contributed by atoms with Crippen molar-refractivity contribution < 1.29 is 4.79 Å². The van der Waals surface area contributed by atoms with Gasteiger partial charge in [-0.15, -0.1) is 0 Å². The Morgan fingerprint density at radius 1 is 1.39 bits per heavy atom. The van der Waals surface area contributed by atoms with Gasteiger partial charge in [-0.25, -0.2) is 9.97 Å². The van der Waals surface area contributed by atoms with E-state index >= 15 is 0 Å². The van der Waals surface area contributed by atoms with Crippen LogP contribution in [-0.4, -0.2) is 28.5 Å². The molecule has 0 aliphatic rings. The van der Waals surface area contributed by atoms with Crippen LogP contribution in [0.3, 0.4) is 0 Å². The number of rotatable bonds is 4. The lowest BCUT2D eigenvalue weighted by Gasteiger charge is -2.17. The first-order chi connectivity index (χ1) is 8.29. The van der Waals surface area contributed by atoms with Crippen molar-refractivity contribution in [1.82, 2.24) is 15.3 Å². The average molecular weight is 250 g/mol. The second-order valence-electron chi connectivity index (χ2n) is 5.59. The van der Waals surface area contributed by atoms with Crippen molar-refractivity contribution in [2.45, 2.75) is 46.1 Å². The third-order valence-corrected chi connectivity index (χ3v) is 2.21. The third kappa shape index (κ3) is 4.69. The van der Waals surface area contributed by atoms with E-state index in [0.717, 1.165) is 5.82 Å². The number of nitrogens with zero attached hydrogens (tertiary/aromatic N) is 2. The predicted octanol–water partition coefficient (Wildman–Crippen LogP) is 1.71. The summed E-state index contributed by atoms with van der Waals surface area (Å²) in [6.45, 7) is 10.2. The molecule has 1 aromatic rings. The highest BCUT2D eigenvalue weighted by atomic mass is 16.1. The van der Waals surface area contributed by atoms with E-state index in [2.05, 4.69) is 41.4 Å². The molecule has 5 heteroatoms. The highest BCUT2D eigenvalue weighted by Crippen LogP contribution is 2.18. The number of hydrogen-bond donors (Lipinski definition) is 2. The summed E-state index contributed by atoms with van der Waals surface area (Å²) in [6.07, 6.45) is 1.70. The number of nitrogens with one attached hydrogen (secondary N) is 2. The van der Waals surface area contributed by atoms with Gasteiger partial charge in [0.25, 0.3) is 0 Å². The molecule has 1 amide bonds. The standard InChI is InChI=1S/C13H22N4O/c1-9(2)16-11(18)8-15-10-6-7-14-12(17-10)13(3,4)5/h6-7,9H,8H2,1-5H3,(H,16,18)(H,14,15,17). The van der Waals surface area contributed by atoms with Crippen molar-refractivity contribution in [2.75, 3.05) is 11.9 Å². The molecule has 18 heavy (non-hydrogen) atoms. The quantitative estimate of drug-likeness (QED) is 0.853. The third-order valence-electron chi connectivity index (χ3n) is 2.21. The monoisotopic (exact) mass is 250 g/mol. The van der Waals surface area contributed by atoms with E-state index < -0.39 is 0 Å². The van der Waals surface area contributed by atoms with Crippen molar-refractivity contribution in [2.24, 2.45) is 0 Å². The average Bonchev–Trinajstić information content (AvgIpc) is 2.25. The smallest absolute Gasteiger partial charge is 0.239 e. The maximum atomic E-state index is 11.5. The molecule has 0 saturated carbocycles. The molecule has 0 aromatic carbocycles. The van der Waals surface area contributed by atoms with Gasteiger partial charge in [-0.2, -0.15) is 0 Å². The van der Waals surface area contributed by atoms with Gasteiger partial charge in [-0.05, 0) is 19.9 Å². The van der Waals surface area contributed by atoms with E-state index in [4.69, 9.17) is 0 Å². The number of amides is 1. The second kappa shape index (κ2) is 5.80. The molecule has 0 unspecified atom stereocenters. The van der Waals surface area contributed by atoms with Gasteiger partial charge in [0.05, 0.1) is 6.54 Å². The zero-order chi connectivity index (χ0) is 13.8. The van der Waals surface area contributed by atoms with Crippen molar-refractivity contribution in [3.8, 4) is 0 Å². The summed E-state index contributed by atoms with van der Waals surface area (Å²) in [5, 5.41) is 5.81. The first kappa shape index (κ1) is 14.4. The van der Waals surface area contributed by atoms with E-state index in [1.165, 1.54) is 0 Å². The van der Waals surface area contributed by atoms with Crippen LogP contribution in [0, 0.1) is 0 Å². The normalized spacial score (nSPS) is 11.4. The molecule has 5 nitrogen and oxygen atoms in total. The van der Waals surface area contributed by atoms with Crippen LogP contribution in [0.5, 0.6) is 0 Å². The van der Waals surface area contributed by atoms with Crippen LogP contribution >= 0.6 is 0 Å². The van der Waals surface area contributed by atoms with Gasteiger partial charge in [0, 0.05) is 17.7 Å². The molecule has 0 radical (unpaired) electrons. The molecular formula is C13H22N4O. The van der Waals surface area contributed by atoms with Gasteiger partial charge in [-0.1, -0.05) is 20.8 Å². The Labute approximate surface area is 108 Å². The van der Waals surface area contributed by atoms with Gasteiger partial charge < -0.3 is 10.6 Å². The minimum absolute atomic E-state index is 0.0408. The molecule has 0 fully saturated rings. The molecule has 1 rings (SSSR count). The summed E-state index contributed by atoms with van der Waals surface area (Å²) in [5.74, 6) is 1.39. The van der Waals surface area contributed by atoms with Crippen molar-refractivity contribution in [3.05, 3.63) is 18.1 Å². The number of anilines is 1. The van der Waals surface area contributed by atoms with E-state index in [-0.39, 0.29) is 23.9 Å². The van der Waals surface area contributed by atoms with E-state index in [1.807, 2.05) is 13.8 Å². The molecule has 1 aromatic heterocycles. The van der Waals surface area contributed by atoms with Gasteiger partial charge in [0.1, 0.15) is 11.6 Å². The Balaban J connectivity index is 2.61. The number of aromatic nitrogens is 2. The summed E-state index contributed by atoms with van der Waals surface area (Å²) in [4.78, 5) is 20.1. The molecule has 0 spiro atoms. The van der Waals surface area contributed by atoms with Crippen LogP contribution in [0.15, 0.2) is 12.3 Å². The maximum Gasteiger partial charge on any atom is 0.239 e. The van der Waals surface area contributed by atoms with Gasteiger partial charge in [0.15, 0.2) is 0 Å². The van der Waals surface area contributed by atoms with Crippen LogP contribution in [0.2, 0.25) is 0 Å². The maximum absolute atomic E-state index is 11.5. The summed E-state index contributed by atoms with van der Waals surface area (Å²) in [5.41, 5.74) is -0.0993. The molecule has 0 saturated heterocycles. The number of carbonyl (C=O) groups is 1. The summed E-state index contributed by atoms with van der Waals surface area (Å²) in [6, 6.07) is 1.91. The molecule has 100 valence electrons. The fourth-order valence-corrected chi connectivity index (χ4v) is 1.36. The van der Waals surface area contributed by atoms with Gasteiger partial charge in [-0.3, -0.25) is 4.79 Å². The lowest BCUT2D eigenvalue weighted by Crippen LogP contribution is -2.35. The fourth-order valence-electron chi connectivity index (χ4n) is 1.36. The van der Waals surface area contributed by atoms with Crippen LogP contribution in [0.4, 0.5) is 5.82 Å². The van der Waals surface area contributed by atoms with Crippen molar-refractivity contribution in [3.63, 3.8) is 0 Å². The highest BCUT2D eigenvalue weighted by molar-refractivity contribution is 5.80. The molecule has 0 atom stereocenters. The Morgan fingerprint density at radius 3 is 2.61 bits per heavy atom. The number of carbonyl (C=O) groups excluding carboxylic acids is 1. The Kier molecular flexibility index (Phi) is 4.64. The molecule has 0 bridgehead atoms. The zero-order valence-corrected chi connectivity index (χ0v) is 11.7. The highest BCUT2D eigenvalue weighted by Gasteiger charge is 2.17. The summed E-state index contributed by atoms with van der Waals surface area (Å²) in [7, 11) is 0. The van der Waals surface area contributed by atoms with E-state index in [0.29, 0.717) is 5.82 Å². The first-order valence-corrected chi connectivity index (χ1v) is 6.16. The summed E-state index contributed by atoms with van der Waals surface area (Å²) < 4.78 is 0. The lowest BCUT2D eigenvalue weighted by atomic mass is 9.96. The topological polar surface area (TPSA) is 66.9 Å². The largest absolute Gasteiger partial charge is 0.361 e. The van der Waals surface area contributed by atoms with Crippen LogP contribution < -0.4 is 10.6 Å². The van der Waals surface area contributed by atoms with Crippen LogP contribution in [0.25, 0.3) is 0 Å². The minimum atomic E-state index is -0.0993. The van der Waals surface area contributed by atoms with E-state index in [1.54, 1.807) is 12.3 Å². The predicted molar refractivity (Wildman–Crippen MR) is 72.5 cm³/mol. The Morgan fingerprint density at radius 2 is 2.06 bits per heavy atom. The molecule has 0 aliphatic heterocycles. The summed E-state index contributed by atoms with van der Waals surface area (Å²) >= 11 is 0. The molecular weight excluding hydrogens is 228 g/mol. The number of hydrogen-bond acceptors (Lipinski definition) is 4. The van der Waals surface area contributed by atoms with Gasteiger partial charge in [0.2, 0.25) is 5.91 Å². The van der Waals surface area contributed by atoms with E-state index in [9.17, 15) is 4.79 Å². The second-order valence-corrected chi connectivity index (χ2v) is 5.59.